The number of fused-ring (bicyclic) bond motifs is 2. The van der Waals surface area contributed by atoms with E-state index in [-0.39, 0.29) is 29.0 Å². The number of nitrogens with one attached hydrogen (secondary N) is 2. The van der Waals surface area contributed by atoms with Crippen molar-refractivity contribution < 1.29 is 36.9 Å². The van der Waals surface area contributed by atoms with Crippen LogP contribution in [0, 0.1) is 0 Å². The van der Waals surface area contributed by atoms with E-state index in [1.165, 1.54) is 30.3 Å². The summed E-state index contributed by atoms with van der Waals surface area (Å²) in [6.07, 6.45) is -5.08. The van der Waals surface area contributed by atoms with Gasteiger partial charge in [0.15, 0.2) is 23.0 Å². The molecule has 27 heavy (non-hydrogen) atoms. The second kappa shape index (κ2) is 6.02. The number of amides is 2. The molecular formula is C16H10ClF3N2O5. The van der Waals surface area contributed by atoms with Crippen molar-refractivity contribution >= 4 is 23.3 Å². The quantitative estimate of drug-likeness (QED) is 0.797. The van der Waals surface area contributed by atoms with Crippen LogP contribution in [0.3, 0.4) is 0 Å². The van der Waals surface area contributed by atoms with Gasteiger partial charge in [0.25, 0.3) is 0 Å². The summed E-state index contributed by atoms with van der Waals surface area (Å²) in [6.45, 7) is 0.0185. The third-order valence-corrected chi connectivity index (χ3v) is 3.93. The number of alkyl halides is 3. The topological polar surface area (TPSA) is 78.1 Å². The summed E-state index contributed by atoms with van der Waals surface area (Å²) >= 11 is 5.75. The van der Waals surface area contributed by atoms with Crippen LogP contribution in [0.15, 0.2) is 36.4 Å². The standard InChI is InChI=1S/C16H10ClF3N2O5/c17-8-1-3-11-13(5-8)27-16(26-11,15(18,19)20)22-14(23)21-9-2-4-10-12(6-9)25-7-24-10/h1-6H,7H2,(H2,21,22,23)/t16-/m1/s1. The lowest BCUT2D eigenvalue weighted by molar-refractivity contribution is -0.317. The van der Waals surface area contributed by atoms with Crippen molar-refractivity contribution in [2.24, 2.45) is 0 Å². The molecule has 0 saturated carbocycles. The predicted molar refractivity (Wildman–Crippen MR) is 86.2 cm³/mol. The van der Waals surface area contributed by atoms with Crippen LogP contribution in [0.25, 0.3) is 0 Å². The van der Waals surface area contributed by atoms with Crippen molar-refractivity contribution in [3.8, 4) is 23.0 Å². The fraction of sp³-hybridized carbons (Fsp3) is 0.188. The summed E-state index contributed by atoms with van der Waals surface area (Å²) in [6, 6.07) is 6.86. The monoisotopic (exact) mass is 402 g/mol. The van der Waals surface area contributed by atoms with Crippen LogP contribution in [-0.2, 0) is 0 Å². The number of ether oxygens (including phenoxy) is 4. The largest absolute Gasteiger partial charge is 0.492 e. The first-order valence-electron chi connectivity index (χ1n) is 7.49. The first kappa shape index (κ1) is 17.4. The van der Waals surface area contributed by atoms with Gasteiger partial charge in [0, 0.05) is 22.8 Å². The smallest absolute Gasteiger partial charge is 0.454 e. The molecule has 0 fully saturated rings. The minimum Gasteiger partial charge on any atom is -0.454 e. The molecule has 2 heterocycles. The number of halogens is 4. The lowest BCUT2D eigenvalue weighted by Crippen LogP contribution is -2.65. The molecule has 2 N–H and O–H groups in total. The number of anilines is 1. The third-order valence-electron chi connectivity index (χ3n) is 3.69. The number of carbonyl (C=O) groups excluding carboxylic acids is 1. The summed E-state index contributed by atoms with van der Waals surface area (Å²) in [4.78, 5) is 12.2. The van der Waals surface area contributed by atoms with E-state index in [0.29, 0.717) is 11.5 Å². The van der Waals surface area contributed by atoms with Crippen LogP contribution in [0.5, 0.6) is 23.0 Å². The first-order chi connectivity index (χ1) is 12.8. The Hall–Kier alpha value is -3.01. The Labute approximate surface area is 154 Å². The van der Waals surface area contributed by atoms with Crippen molar-refractivity contribution in [3.63, 3.8) is 0 Å². The van der Waals surface area contributed by atoms with Crippen molar-refractivity contribution in [3.05, 3.63) is 41.4 Å². The molecule has 0 aromatic heterocycles. The van der Waals surface area contributed by atoms with Crippen molar-refractivity contribution in [1.29, 1.82) is 0 Å². The molecule has 2 aromatic rings. The zero-order valence-corrected chi connectivity index (χ0v) is 14.0. The number of hydrogen-bond acceptors (Lipinski definition) is 5. The molecule has 11 heteroatoms. The predicted octanol–water partition coefficient (Wildman–Crippen LogP) is 3.88. The average Bonchev–Trinajstić information content (AvgIpc) is 3.17. The summed E-state index contributed by atoms with van der Waals surface area (Å²) in [5, 5.41) is 4.10. The Morgan fingerprint density at radius 1 is 1.00 bits per heavy atom. The lowest BCUT2D eigenvalue weighted by Gasteiger charge is -2.29. The molecule has 0 saturated heterocycles. The van der Waals surface area contributed by atoms with E-state index in [4.69, 9.17) is 30.5 Å². The van der Waals surface area contributed by atoms with Gasteiger partial charge < -0.3 is 24.3 Å². The number of rotatable bonds is 2. The molecule has 4 rings (SSSR count). The van der Waals surface area contributed by atoms with Gasteiger partial charge in [-0.05, 0) is 24.3 Å². The minimum absolute atomic E-state index is 0.0185. The molecule has 0 bridgehead atoms. The molecule has 1 atom stereocenters. The second-order valence-corrected chi connectivity index (χ2v) is 5.99. The highest BCUT2D eigenvalue weighted by Gasteiger charge is 2.65. The van der Waals surface area contributed by atoms with Crippen LogP contribution >= 0.6 is 11.6 Å². The Morgan fingerprint density at radius 3 is 2.48 bits per heavy atom. The Balaban J connectivity index is 1.54. The number of carbonyl (C=O) groups is 1. The van der Waals surface area contributed by atoms with Gasteiger partial charge in [-0.25, -0.2) is 4.79 Å². The maximum absolute atomic E-state index is 13.6. The molecule has 2 aliphatic heterocycles. The molecule has 2 amide bonds. The molecule has 0 aliphatic carbocycles. The highest BCUT2D eigenvalue weighted by Crippen LogP contribution is 2.46. The fourth-order valence-corrected chi connectivity index (χ4v) is 2.66. The zero-order chi connectivity index (χ0) is 19.2. The third kappa shape index (κ3) is 3.12. The van der Waals surface area contributed by atoms with E-state index in [1.54, 1.807) is 5.32 Å². The summed E-state index contributed by atoms with van der Waals surface area (Å²) in [7, 11) is 0. The van der Waals surface area contributed by atoms with Crippen molar-refractivity contribution in [1.82, 2.24) is 5.32 Å². The average molecular weight is 403 g/mol. The molecule has 0 radical (unpaired) electrons. The molecule has 0 unspecified atom stereocenters. The second-order valence-electron chi connectivity index (χ2n) is 5.56. The van der Waals surface area contributed by atoms with Crippen LogP contribution < -0.4 is 29.6 Å². The van der Waals surface area contributed by atoms with E-state index < -0.39 is 18.1 Å². The Morgan fingerprint density at radius 2 is 1.70 bits per heavy atom. The van der Waals surface area contributed by atoms with Crippen LogP contribution in [0.4, 0.5) is 23.7 Å². The molecule has 2 aliphatic rings. The molecule has 7 nitrogen and oxygen atoms in total. The first-order valence-corrected chi connectivity index (χ1v) is 7.87. The van der Waals surface area contributed by atoms with Crippen molar-refractivity contribution in [2.75, 3.05) is 12.1 Å². The summed E-state index contributed by atoms with van der Waals surface area (Å²) in [5.41, 5.74) is 0.188. The van der Waals surface area contributed by atoms with Gasteiger partial charge in [0.2, 0.25) is 6.79 Å². The maximum atomic E-state index is 13.6. The van der Waals surface area contributed by atoms with E-state index in [2.05, 4.69) is 5.32 Å². The van der Waals surface area contributed by atoms with Crippen LogP contribution in [0.1, 0.15) is 0 Å². The van der Waals surface area contributed by atoms with Crippen molar-refractivity contribution in [2.45, 2.75) is 12.1 Å². The van der Waals surface area contributed by atoms with Gasteiger partial charge in [-0.2, -0.15) is 13.2 Å². The SMILES string of the molecule is O=C(Nc1ccc2c(c1)OCO2)N[C@]1(C(F)(F)F)Oc2ccc(Cl)cc2O1. The maximum Gasteiger partial charge on any atom is 0.492 e. The van der Waals surface area contributed by atoms with Gasteiger partial charge in [-0.3, -0.25) is 5.32 Å². The molecule has 142 valence electrons. The van der Waals surface area contributed by atoms with Gasteiger partial charge >= 0.3 is 18.1 Å². The minimum atomic E-state index is -5.08. The van der Waals surface area contributed by atoms with Gasteiger partial charge in [0.1, 0.15) is 0 Å². The van der Waals surface area contributed by atoms with Crippen LogP contribution in [-0.4, -0.2) is 24.9 Å². The number of hydrogen-bond donors (Lipinski definition) is 2. The molecule has 2 aromatic carbocycles. The van der Waals surface area contributed by atoms with Gasteiger partial charge in [-0.15, -0.1) is 0 Å². The van der Waals surface area contributed by atoms with E-state index in [1.807, 2.05) is 0 Å². The molecule has 0 spiro atoms. The molecular weight excluding hydrogens is 393 g/mol. The zero-order valence-electron chi connectivity index (χ0n) is 13.2. The van der Waals surface area contributed by atoms with E-state index in [9.17, 15) is 18.0 Å². The van der Waals surface area contributed by atoms with Crippen LogP contribution in [0.2, 0.25) is 5.02 Å². The Kier molecular flexibility index (Phi) is 3.88. The number of urea groups is 1. The highest BCUT2D eigenvalue weighted by atomic mass is 35.5. The van der Waals surface area contributed by atoms with Gasteiger partial charge in [0.05, 0.1) is 0 Å². The highest BCUT2D eigenvalue weighted by molar-refractivity contribution is 6.30. The normalized spacial score (nSPS) is 19.7. The fourth-order valence-electron chi connectivity index (χ4n) is 2.50. The number of benzene rings is 2. The van der Waals surface area contributed by atoms with Gasteiger partial charge in [-0.1, -0.05) is 11.6 Å². The van der Waals surface area contributed by atoms with E-state index in [0.717, 1.165) is 6.07 Å². The lowest BCUT2D eigenvalue weighted by atomic mass is 10.3. The summed E-state index contributed by atoms with van der Waals surface area (Å²) in [5.74, 6) is -3.03. The summed E-state index contributed by atoms with van der Waals surface area (Å²) < 4.78 is 60.8. The van der Waals surface area contributed by atoms with E-state index >= 15 is 0 Å². The Bertz CT molecular complexity index is 923.